The van der Waals surface area contributed by atoms with Gasteiger partial charge in [0.15, 0.2) is 11.6 Å². The van der Waals surface area contributed by atoms with E-state index in [1.165, 1.54) is 39.3 Å². The maximum atomic E-state index is 8.64. The normalized spacial score (nSPS) is 20.8. The van der Waals surface area contributed by atoms with Crippen LogP contribution in [0.2, 0.25) is 15.2 Å². The summed E-state index contributed by atoms with van der Waals surface area (Å²) in [5.74, 6) is -0.0948. The average molecular weight is 840 g/mol. The predicted molar refractivity (Wildman–Crippen MR) is 192 cm³/mol. The zero-order chi connectivity index (χ0) is 37.0. The Morgan fingerprint density at radius 2 is 1.35 bits per heavy atom. The Labute approximate surface area is 410 Å². The van der Waals surface area contributed by atoms with Crippen LogP contribution in [-0.2, 0) is 41.5 Å². The third kappa shape index (κ3) is 22.0. The van der Waals surface area contributed by atoms with Crippen molar-refractivity contribution in [2.45, 2.75) is 90.5 Å². The van der Waals surface area contributed by atoms with Gasteiger partial charge >= 0.3 is 103 Å². The second-order valence-electron chi connectivity index (χ2n) is 12.5. The van der Waals surface area contributed by atoms with Crippen LogP contribution in [0.4, 0.5) is 5.82 Å². The summed E-state index contributed by atoms with van der Waals surface area (Å²) < 4.78 is 22.6. The van der Waals surface area contributed by atoms with Crippen LogP contribution in [0.1, 0.15) is 66.4 Å². The molecule has 13 nitrogen and oxygen atoms in total. The largest absolute Gasteiger partial charge is 1.00 e. The number of pyridine rings is 2. The zero-order valence-corrected chi connectivity index (χ0v) is 40.0. The van der Waals surface area contributed by atoms with E-state index in [9.17, 15) is 0 Å². The second-order valence-corrected chi connectivity index (χ2v) is 13.7. The van der Waals surface area contributed by atoms with Crippen LogP contribution >= 0.6 is 34.8 Å². The molecule has 0 unspecified atom stereocenters. The first kappa shape index (κ1) is 52.9. The monoisotopic (exact) mass is 838 g/mol. The minimum atomic E-state index is -0.492. The summed E-state index contributed by atoms with van der Waals surface area (Å²) in [6, 6.07) is 5.56. The molecule has 4 aliphatic heterocycles. The maximum Gasteiger partial charge on any atom is 1.00 e. The van der Waals surface area contributed by atoms with Crippen molar-refractivity contribution in [3.63, 3.8) is 0 Å². The van der Waals surface area contributed by atoms with Crippen molar-refractivity contribution in [3.05, 3.63) is 50.9 Å². The Morgan fingerprint density at radius 1 is 0.904 bits per heavy atom. The summed E-state index contributed by atoms with van der Waals surface area (Å²) >= 11 is 18.0. The molecule has 6 rings (SSSR count). The van der Waals surface area contributed by atoms with Crippen molar-refractivity contribution >= 4 is 47.1 Å². The van der Waals surface area contributed by atoms with Gasteiger partial charge in [0.25, 0.3) is 6.47 Å². The molecule has 18 heteroatoms. The molecular formula is C34H51Cl3K2N6O7. The molecule has 282 valence electrons. The Bertz CT molecular complexity index is 1330. The van der Waals surface area contributed by atoms with Gasteiger partial charge in [-0.2, -0.15) is 5.26 Å². The van der Waals surface area contributed by atoms with Gasteiger partial charge in [-0.3, -0.25) is 4.79 Å². The van der Waals surface area contributed by atoms with Crippen LogP contribution in [-0.4, -0.2) is 92.7 Å². The summed E-state index contributed by atoms with van der Waals surface area (Å²) in [6.45, 7) is 16.5. The fourth-order valence-corrected chi connectivity index (χ4v) is 5.92. The Kier molecular flexibility index (Phi) is 29.7. The standard InChI is InChI=1S/C15H22ClN3O2.C11H13Cl2NO2.C5H11N.C2H3N.CH2O3.2K.H/c1-15(2)20-10-12(21-15)7-11-8-13(16)14(18-9-11)19-5-3-17-4-6-19;1-11(2)15-6-8(16-11)3-7-4-9(12)10(13)14-5-7;1-2-4-6-5-3-1;1-2-3;2-1-4-3;;;/h8-9,12,17H,3-7,10H2,1-2H3;4-5,8H,3,6H2,1-2H3;6H,1-5H2;1H3;1,3H;;;/q;;;;;2*+1;-1/p-1/t12-;8-;;;;;;/m11....../s1. The van der Waals surface area contributed by atoms with E-state index >= 15 is 0 Å². The van der Waals surface area contributed by atoms with E-state index in [-0.39, 0.29) is 123 Å². The van der Waals surface area contributed by atoms with Crippen molar-refractivity contribution in [2.75, 3.05) is 57.4 Å². The molecule has 52 heavy (non-hydrogen) atoms. The first-order valence-corrected chi connectivity index (χ1v) is 17.7. The van der Waals surface area contributed by atoms with Crippen LogP contribution in [0.15, 0.2) is 24.5 Å². The summed E-state index contributed by atoms with van der Waals surface area (Å²) in [6.07, 6.45) is 9.45. The second kappa shape index (κ2) is 29.2. The minimum Gasteiger partial charge on any atom is -1.00 e. The molecule has 2 aromatic rings. The predicted octanol–water partition coefficient (Wildman–Crippen LogP) is -1.23. The van der Waals surface area contributed by atoms with Crippen molar-refractivity contribution in [3.8, 4) is 6.07 Å². The molecule has 4 saturated heterocycles. The van der Waals surface area contributed by atoms with Crippen LogP contribution < -0.4 is 124 Å². The summed E-state index contributed by atoms with van der Waals surface area (Å²) in [5.41, 5.74) is 2.09. The SMILES string of the molecule is C1CCNCC1.CC#N.CC1(C)OC[C@@H](Cc2cnc(Cl)c(Cl)c2)O1.CC1(C)OC[C@@H](Cc2cnc(N3CCNCC3)c(Cl)c2)O1.O=CO[O-].[H-].[K+].[K+]. The van der Waals surface area contributed by atoms with Gasteiger partial charge in [-0.25, -0.2) is 9.97 Å². The molecule has 0 radical (unpaired) electrons. The third-order valence-electron chi connectivity index (χ3n) is 7.46. The number of aromatic nitrogens is 2. The molecule has 0 aliphatic carbocycles. The van der Waals surface area contributed by atoms with Crippen molar-refractivity contribution < 1.29 is 138 Å². The molecule has 2 N–H and O–H groups in total. The van der Waals surface area contributed by atoms with Gasteiger partial charge in [-0.05, 0) is 76.9 Å². The fourth-order valence-electron chi connectivity index (χ4n) is 5.32. The zero-order valence-electron chi connectivity index (χ0n) is 32.5. The van der Waals surface area contributed by atoms with Crippen molar-refractivity contribution in [2.24, 2.45) is 0 Å². The van der Waals surface area contributed by atoms with Crippen LogP contribution in [0.5, 0.6) is 0 Å². The van der Waals surface area contributed by atoms with Crippen molar-refractivity contribution in [1.29, 1.82) is 5.26 Å². The van der Waals surface area contributed by atoms with Gasteiger partial charge in [0.1, 0.15) is 11.0 Å². The van der Waals surface area contributed by atoms with Gasteiger partial charge in [-0.1, -0.05) is 41.2 Å². The van der Waals surface area contributed by atoms with E-state index in [0.29, 0.717) is 28.4 Å². The van der Waals surface area contributed by atoms with E-state index < -0.39 is 11.6 Å². The molecule has 4 fully saturated rings. The number of nitriles is 1. The number of nitrogens with zero attached hydrogens (tertiary/aromatic N) is 4. The molecule has 0 spiro atoms. The third-order valence-corrected chi connectivity index (χ3v) is 8.42. The molecule has 0 aromatic carbocycles. The number of carbonyl (C=O) groups excluding carboxylic acids is 1. The Balaban J connectivity index is 0. The number of rotatable bonds is 6. The van der Waals surface area contributed by atoms with Gasteiger partial charge < -0.3 is 46.1 Å². The Morgan fingerprint density at radius 3 is 1.69 bits per heavy atom. The van der Waals surface area contributed by atoms with E-state index in [1.54, 1.807) is 12.3 Å². The number of ether oxygens (including phenoxy) is 4. The number of carbonyl (C=O) groups is 1. The first-order chi connectivity index (χ1) is 23.8. The quantitative estimate of drug-likeness (QED) is 0.117. The summed E-state index contributed by atoms with van der Waals surface area (Å²) in [7, 11) is 0. The van der Waals surface area contributed by atoms with Gasteiger partial charge in [0.2, 0.25) is 0 Å². The number of hydrogen-bond acceptors (Lipinski definition) is 13. The smallest absolute Gasteiger partial charge is 1.00 e. The van der Waals surface area contributed by atoms with E-state index in [4.69, 9.17) is 69.1 Å². The molecule has 0 bridgehead atoms. The number of anilines is 1. The van der Waals surface area contributed by atoms with Crippen LogP contribution in [0, 0.1) is 11.3 Å². The summed E-state index contributed by atoms with van der Waals surface area (Å²) in [4.78, 5) is 22.0. The molecule has 0 saturated carbocycles. The molecule has 6 heterocycles. The molecule has 2 atom stereocenters. The topological polar surface area (TPSA) is 163 Å². The molecule has 0 amide bonds. The first-order valence-electron chi connectivity index (χ1n) is 16.6. The molecule has 4 aliphatic rings. The van der Waals surface area contributed by atoms with E-state index in [1.807, 2.05) is 46.0 Å². The van der Waals surface area contributed by atoms with Crippen molar-refractivity contribution in [1.82, 2.24) is 20.6 Å². The van der Waals surface area contributed by atoms with Gasteiger partial charge in [0, 0.05) is 58.3 Å². The number of halogens is 3. The number of piperazine rings is 1. The summed E-state index contributed by atoms with van der Waals surface area (Å²) in [5, 5.41) is 23.9. The minimum absolute atomic E-state index is 0. The van der Waals surface area contributed by atoms with Gasteiger partial charge in [-0.15, -0.1) is 0 Å². The fraction of sp³-hybridized carbons (Fsp3) is 0.647. The Hall–Kier alpha value is 0.923. The average Bonchev–Trinajstić information content (AvgIpc) is 3.63. The molecular weight excluding hydrogens is 789 g/mol. The van der Waals surface area contributed by atoms with E-state index in [2.05, 4.69) is 30.4 Å². The van der Waals surface area contributed by atoms with E-state index in [0.717, 1.165) is 56.0 Å². The number of hydrogen-bond donors (Lipinski definition) is 2. The molecule has 2 aromatic heterocycles. The number of piperidine rings is 1. The van der Waals surface area contributed by atoms with Gasteiger partial charge in [0.05, 0.1) is 41.5 Å². The maximum absolute atomic E-state index is 8.64. The van der Waals surface area contributed by atoms with Crippen LogP contribution in [0.3, 0.4) is 0 Å². The van der Waals surface area contributed by atoms with Crippen LogP contribution in [0.25, 0.3) is 0 Å². The number of nitrogens with one attached hydrogen (secondary N) is 2.